The molecule has 0 aliphatic heterocycles. The largest absolute Gasteiger partial charge is 0 e. The molecule has 6 nitrogen and oxygen atoms in total. The summed E-state index contributed by atoms with van der Waals surface area (Å²) in [6.45, 7) is 41.5. The zero-order valence-corrected chi connectivity index (χ0v) is 14.5. The van der Waals surface area contributed by atoms with Gasteiger partial charge >= 0.3 is 67.8 Å². The monoisotopic (exact) mass is 412 g/mol. The van der Waals surface area contributed by atoms with Crippen LogP contribution in [0.2, 0.25) is 0 Å². The summed E-state index contributed by atoms with van der Waals surface area (Å²) in [7, 11) is 0. The van der Waals surface area contributed by atoms with Gasteiger partial charge in [-0.05, 0) is 11.1 Å². The van der Waals surface area contributed by atoms with Crippen LogP contribution in [0.25, 0.3) is 0 Å². The van der Waals surface area contributed by atoms with E-state index in [0.29, 0.717) is 0 Å². The summed E-state index contributed by atoms with van der Waals surface area (Å²) in [5, 5.41) is 0. The first-order valence-electron chi connectivity index (χ1n) is 4.24. The summed E-state index contributed by atoms with van der Waals surface area (Å²) in [6.07, 6.45) is 7.06. The van der Waals surface area contributed by atoms with Crippen molar-refractivity contribution in [2.45, 2.75) is 0 Å². The average Bonchev–Trinajstić information content (AvgIpc) is 2.69. The first-order chi connectivity index (χ1) is 10.7. The van der Waals surface area contributed by atoms with Crippen molar-refractivity contribution in [2.24, 2.45) is 0 Å². The fourth-order valence-electron chi connectivity index (χ4n) is 0.350. The molecule has 0 aromatic heterocycles. The van der Waals surface area contributed by atoms with Gasteiger partial charge in [0.1, 0.15) is 0 Å². The fourth-order valence-corrected chi connectivity index (χ4v) is 0.350. The maximum Gasteiger partial charge on any atom is 0 e. The second kappa shape index (κ2) is 129. The minimum absolute atomic E-state index is 0. The molecule has 0 amide bonds. The van der Waals surface area contributed by atoms with E-state index in [1.54, 1.807) is 12.2 Å². The number of rotatable bonds is 4. The Kier molecular flexibility index (Phi) is 308. The summed E-state index contributed by atoms with van der Waals surface area (Å²) >= 11 is 0. The standard InChI is InChI=1S/C10H12.6CO.2Fe/c1-5-9(3)7-8-10(4)6-2;6*1-2;;/h5-8H,1-4H2;;;;;;;;/b8-7+;;;;;;;;. The molecule has 0 N–H and O–H groups in total. The van der Waals surface area contributed by atoms with Gasteiger partial charge in [0.15, 0.2) is 0 Å². The minimum atomic E-state index is 0. The van der Waals surface area contributed by atoms with Crippen molar-refractivity contribution < 1.29 is 62.1 Å². The van der Waals surface area contributed by atoms with Crippen LogP contribution in [0.5, 0.6) is 0 Å². The Labute approximate surface area is 163 Å². The van der Waals surface area contributed by atoms with Crippen molar-refractivity contribution in [3.63, 3.8) is 0 Å². The molecule has 0 unspecified atom stereocenters. The molecule has 8 heteroatoms. The molecule has 0 atom stereocenters. The zero-order chi connectivity index (χ0) is 20.0. The van der Waals surface area contributed by atoms with Gasteiger partial charge in [-0.2, -0.15) is 0 Å². The molecule has 0 aliphatic carbocycles. The van der Waals surface area contributed by atoms with Crippen LogP contribution in [-0.2, 0) is 62.1 Å². The molecule has 0 spiro atoms. The first-order valence-corrected chi connectivity index (χ1v) is 4.24. The van der Waals surface area contributed by atoms with E-state index in [-0.39, 0.29) is 34.1 Å². The predicted octanol–water partition coefficient (Wildman–Crippen LogP) is 2.80. The molecule has 0 saturated carbocycles. The van der Waals surface area contributed by atoms with E-state index in [1.807, 2.05) is 12.2 Å². The van der Waals surface area contributed by atoms with Crippen LogP contribution < -0.4 is 0 Å². The molecule has 128 valence electrons. The molecule has 0 aromatic carbocycles. The van der Waals surface area contributed by atoms with Gasteiger partial charge < -0.3 is 0 Å². The molecule has 0 heterocycles. The van der Waals surface area contributed by atoms with Crippen molar-refractivity contribution in [3.05, 3.63) is 102 Å². The smallest absolute Gasteiger partial charge is 0 e. The third-order valence-corrected chi connectivity index (χ3v) is 1.04. The van der Waals surface area contributed by atoms with Gasteiger partial charge in [0.25, 0.3) is 0 Å². The Hall–Kier alpha value is -1.82. The maximum absolute atomic E-state index is 7.50. The predicted molar refractivity (Wildman–Crippen MR) is 71.4 cm³/mol. The molecular formula is C16H12Fe2O6. The van der Waals surface area contributed by atoms with E-state index in [2.05, 4.69) is 66.2 Å². The molecule has 0 bridgehead atoms. The number of hydrogen-bond acceptors (Lipinski definition) is 0. The molecule has 0 rings (SSSR count). The zero-order valence-electron chi connectivity index (χ0n) is 12.3. The minimum Gasteiger partial charge on any atom is 0 e. The van der Waals surface area contributed by atoms with Crippen molar-refractivity contribution in [1.29, 1.82) is 0 Å². The number of hydrogen-bond donors (Lipinski definition) is 0. The summed E-state index contributed by atoms with van der Waals surface area (Å²) in [6, 6.07) is 0. The summed E-state index contributed by atoms with van der Waals surface area (Å²) in [4.78, 5) is 0. The quantitative estimate of drug-likeness (QED) is 0.292. The third kappa shape index (κ3) is 144. The van der Waals surface area contributed by atoms with Crippen LogP contribution in [0.3, 0.4) is 0 Å². The summed E-state index contributed by atoms with van der Waals surface area (Å²) in [5.41, 5.74) is 1.76. The van der Waals surface area contributed by atoms with Crippen molar-refractivity contribution in [1.82, 2.24) is 0 Å². The molecule has 0 fully saturated rings. The first kappa shape index (κ1) is 57.3. The van der Waals surface area contributed by atoms with Gasteiger partial charge in [0.2, 0.25) is 0 Å². The normalized spacial score (nSPS) is 4.33. The van der Waals surface area contributed by atoms with E-state index < -0.39 is 0 Å². The van der Waals surface area contributed by atoms with Crippen molar-refractivity contribution in [3.8, 4) is 0 Å². The van der Waals surface area contributed by atoms with E-state index >= 15 is 0 Å². The van der Waals surface area contributed by atoms with E-state index in [1.165, 1.54) is 0 Å². The Balaban J connectivity index is -0.0000000196. The molecular weight excluding hydrogens is 400 g/mol. The molecule has 0 radical (unpaired) electrons. The maximum atomic E-state index is 7.50. The van der Waals surface area contributed by atoms with Crippen LogP contribution in [0, 0.1) is 39.9 Å². The molecule has 0 saturated heterocycles. The SMILES string of the molecule is C=CC(=C)/C=C/C(=C)C=C.[C-]#[O+].[C-]#[O+].[C-]#[O+].[C-]#[O+].[C-]#[O+].[C-]#[O+].[Fe].[Fe]. The van der Waals surface area contributed by atoms with Crippen molar-refractivity contribution >= 4 is 0 Å². The van der Waals surface area contributed by atoms with Crippen LogP contribution in [0.4, 0.5) is 0 Å². The topological polar surface area (TPSA) is 119 Å². The third-order valence-electron chi connectivity index (χ3n) is 1.04. The van der Waals surface area contributed by atoms with Gasteiger partial charge in [-0.1, -0.05) is 50.6 Å². The van der Waals surface area contributed by atoms with E-state index in [4.69, 9.17) is 27.9 Å². The van der Waals surface area contributed by atoms with E-state index in [0.717, 1.165) is 11.1 Å². The van der Waals surface area contributed by atoms with Gasteiger partial charge in [0.05, 0.1) is 0 Å². The van der Waals surface area contributed by atoms with Gasteiger partial charge in [-0.3, -0.25) is 0 Å². The van der Waals surface area contributed by atoms with E-state index in [9.17, 15) is 0 Å². The Bertz CT molecular complexity index is 355. The van der Waals surface area contributed by atoms with Gasteiger partial charge in [-0.25, -0.2) is 0 Å². The van der Waals surface area contributed by atoms with Gasteiger partial charge in [-0.15, -0.1) is 0 Å². The summed E-state index contributed by atoms with van der Waals surface area (Å²) < 4.78 is 45.0. The Morgan fingerprint density at radius 2 is 0.625 bits per heavy atom. The Morgan fingerprint density at radius 3 is 0.708 bits per heavy atom. The Morgan fingerprint density at radius 1 is 0.500 bits per heavy atom. The molecule has 0 aromatic rings. The van der Waals surface area contributed by atoms with Crippen molar-refractivity contribution in [2.75, 3.05) is 0 Å². The fraction of sp³-hybridized carbons (Fsp3) is 0. The van der Waals surface area contributed by atoms with Crippen LogP contribution >= 0.6 is 0 Å². The molecule has 0 aliphatic rings. The van der Waals surface area contributed by atoms with Crippen LogP contribution in [-0.4, -0.2) is 0 Å². The van der Waals surface area contributed by atoms with Crippen LogP contribution in [0.15, 0.2) is 61.8 Å². The second-order valence-electron chi connectivity index (χ2n) is 1.89. The average molecular weight is 412 g/mol. The summed E-state index contributed by atoms with van der Waals surface area (Å²) in [5.74, 6) is 0. The number of allylic oxidation sites excluding steroid dienone is 6. The molecule has 24 heavy (non-hydrogen) atoms. The van der Waals surface area contributed by atoms with Gasteiger partial charge in [0, 0.05) is 34.1 Å². The second-order valence-corrected chi connectivity index (χ2v) is 1.89. The van der Waals surface area contributed by atoms with Crippen LogP contribution in [0.1, 0.15) is 0 Å².